The summed E-state index contributed by atoms with van der Waals surface area (Å²) in [6.45, 7) is 9.22. The summed E-state index contributed by atoms with van der Waals surface area (Å²) >= 11 is 1.27. The van der Waals surface area contributed by atoms with Crippen LogP contribution in [-0.2, 0) is 27.2 Å². The monoisotopic (exact) mass is 641 g/mol. The topological polar surface area (TPSA) is 81.2 Å². The van der Waals surface area contributed by atoms with E-state index in [0.717, 1.165) is 43.8 Å². The molecule has 45 heavy (non-hydrogen) atoms. The highest BCUT2D eigenvalue weighted by molar-refractivity contribution is 7.14. The Morgan fingerprint density at radius 3 is 2.36 bits per heavy atom. The van der Waals surface area contributed by atoms with Crippen LogP contribution in [0.5, 0.6) is 11.5 Å². The number of amides is 1. The van der Waals surface area contributed by atoms with E-state index in [1.165, 1.54) is 29.1 Å². The molecule has 0 atom stereocenters. The average molecular weight is 642 g/mol. The molecule has 2 aromatic carbocycles. The third-order valence-electron chi connectivity index (χ3n) is 8.28. The van der Waals surface area contributed by atoms with Crippen molar-refractivity contribution in [2.24, 2.45) is 5.41 Å². The maximum atomic E-state index is 14.2. The Kier molecular flexibility index (Phi) is 9.79. The van der Waals surface area contributed by atoms with E-state index >= 15 is 0 Å². The van der Waals surface area contributed by atoms with Crippen LogP contribution in [0, 0.1) is 17.0 Å². The number of ether oxygens (including phenoxy) is 3. The Hall–Kier alpha value is -3.57. The predicted octanol–water partition coefficient (Wildman–Crippen LogP) is 6.44. The summed E-state index contributed by atoms with van der Waals surface area (Å²) in [7, 11) is 3.19. The minimum atomic E-state index is -1.28. The van der Waals surface area contributed by atoms with Crippen molar-refractivity contribution in [1.82, 2.24) is 9.88 Å². The number of carbonyl (C=O) groups excluding carboxylic acids is 2. The minimum absolute atomic E-state index is 0.0769. The second-order valence-electron chi connectivity index (χ2n) is 12.9. The molecule has 242 valence electrons. The molecule has 0 unspecified atom stereocenters. The number of thiazole rings is 1. The third kappa shape index (κ3) is 7.64. The molecule has 1 aliphatic heterocycles. The number of benzene rings is 2. The number of esters is 1. The zero-order valence-electron chi connectivity index (χ0n) is 26.6. The van der Waals surface area contributed by atoms with Gasteiger partial charge in [-0.25, -0.2) is 13.8 Å². The molecule has 1 fully saturated rings. The number of halogens is 2. The van der Waals surface area contributed by atoms with Gasteiger partial charge in [-0.3, -0.25) is 14.5 Å². The summed E-state index contributed by atoms with van der Waals surface area (Å²) in [5.74, 6) is -1.61. The molecule has 2 aliphatic rings. The lowest BCUT2D eigenvalue weighted by Crippen LogP contribution is -2.45. The highest BCUT2D eigenvalue weighted by Crippen LogP contribution is 2.44. The molecule has 1 aromatic heterocycles. The molecule has 0 N–H and O–H groups in total. The van der Waals surface area contributed by atoms with E-state index in [1.54, 1.807) is 34.9 Å². The molecule has 8 nitrogen and oxygen atoms in total. The Bertz CT molecular complexity index is 1520. The normalized spacial score (nSPS) is 16.0. The van der Waals surface area contributed by atoms with Crippen molar-refractivity contribution in [3.63, 3.8) is 0 Å². The van der Waals surface area contributed by atoms with E-state index < -0.39 is 28.6 Å². The first kappa shape index (κ1) is 32.8. The zero-order chi connectivity index (χ0) is 32.4. The summed E-state index contributed by atoms with van der Waals surface area (Å²) in [5, 5.41) is 2.25. The second kappa shape index (κ2) is 13.4. The number of rotatable bonds is 11. The number of nitrogens with zero attached hydrogens (tertiary/aromatic N) is 3. The molecular formula is C34H41F2N3O5S. The Morgan fingerprint density at radius 1 is 1.07 bits per heavy atom. The number of aromatic nitrogens is 1. The summed E-state index contributed by atoms with van der Waals surface area (Å²) < 4.78 is 45.5. The molecule has 1 aliphatic carbocycles. The van der Waals surface area contributed by atoms with Gasteiger partial charge in [-0.15, -0.1) is 11.3 Å². The number of fused-ring (bicyclic) bond motifs is 1. The molecule has 1 saturated heterocycles. The van der Waals surface area contributed by atoms with E-state index in [1.807, 2.05) is 23.6 Å². The van der Waals surface area contributed by atoms with Crippen LogP contribution in [0.15, 0.2) is 35.7 Å². The van der Waals surface area contributed by atoms with E-state index in [0.29, 0.717) is 40.1 Å². The molecule has 0 bridgehead atoms. The van der Waals surface area contributed by atoms with Crippen LogP contribution >= 0.6 is 11.3 Å². The number of hydrogen-bond acceptors (Lipinski definition) is 8. The molecule has 3 aromatic rings. The molecule has 2 heterocycles. The maximum absolute atomic E-state index is 14.2. The van der Waals surface area contributed by atoms with Crippen LogP contribution in [0.1, 0.15) is 57.6 Å². The van der Waals surface area contributed by atoms with E-state index in [-0.39, 0.29) is 25.2 Å². The van der Waals surface area contributed by atoms with Gasteiger partial charge >= 0.3 is 5.97 Å². The summed E-state index contributed by atoms with van der Waals surface area (Å²) in [4.78, 5) is 35.8. The van der Waals surface area contributed by atoms with Crippen molar-refractivity contribution in [2.75, 3.05) is 45.3 Å². The first-order valence-electron chi connectivity index (χ1n) is 15.3. The molecule has 11 heteroatoms. The predicted molar refractivity (Wildman–Crippen MR) is 170 cm³/mol. The van der Waals surface area contributed by atoms with Gasteiger partial charge in [-0.2, -0.15) is 0 Å². The lowest BCUT2D eigenvalue weighted by atomic mass is 9.80. The molecule has 5 rings (SSSR count). The van der Waals surface area contributed by atoms with Crippen molar-refractivity contribution in [2.45, 2.75) is 64.9 Å². The number of likely N-dealkylation sites (tertiary alicyclic amines) is 1. The molecular weight excluding hydrogens is 600 g/mol. The summed E-state index contributed by atoms with van der Waals surface area (Å²) in [6, 6.07) is 7.83. The van der Waals surface area contributed by atoms with Gasteiger partial charge in [0, 0.05) is 30.6 Å². The number of hydrogen-bond donors (Lipinski definition) is 0. The number of carbonyl (C=O) groups is 2. The number of anilines is 1. The van der Waals surface area contributed by atoms with Gasteiger partial charge in [-0.05, 0) is 101 Å². The first-order chi connectivity index (χ1) is 21.4. The Morgan fingerprint density at radius 2 is 1.73 bits per heavy atom. The van der Waals surface area contributed by atoms with Gasteiger partial charge in [0.15, 0.2) is 16.8 Å². The lowest BCUT2D eigenvalue weighted by Gasteiger charge is -2.31. The van der Waals surface area contributed by atoms with Gasteiger partial charge < -0.3 is 19.1 Å². The second-order valence-corrected chi connectivity index (χ2v) is 13.8. The van der Waals surface area contributed by atoms with Crippen LogP contribution in [0.25, 0.3) is 11.3 Å². The molecule has 1 amide bonds. The van der Waals surface area contributed by atoms with Gasteiger partial charge in [0.25, 0.3) is 0 Å². The van der Waals surface area contributed by atoms with Crippen LogP contribution < -0.4 is 14.4 Å². The van der Waals surface area contributed by atoms with E-state index in [4.69, 9.17) is 19.2 Å². The fourth-order valence-electron chi connectivity index (χ4n) is 6.20. The van der Waals surface area contributed by atoms with Crippen LogP contribution in [0.2, 0.25) is 0 Å². The number of methoxy groups -OCH3 is 1. The average Bonchev–Trinajstić information content (AvgIpc) is 3.75. The van der Waals surface area contributed by atoms with Crippen LogP contribution in [0.3, 0.4) is 0 Å². The molecule has 0 spiro atoms. The van der Waals surface area contributed by atoms with Gasteiger partial charge in [0.2, 0.25) is 5.91 Å². The highest BCUT2D eigenvalue weighted by Gasteiger charge is 2.48. The first-order valence-corrected chi connectivity index (χ1v) is 16.2. The van der Waals surface area contributed by atoms with Crippen LogP contribution in [-0.4, -0.2) is 67.8 Å². The third-order valence-corrected chi connectivity index (χ3v) is 9.19. The van der Waals surface area contributed by atoms with Gasteiger partial charge in [0.05, 0.1) is 31.2 Å². The van der Waals surface area contributed by atoms with Crippen molar-refractivity contribution in [1.29, 1.82) is 0 Å². The summed E-state index contributed by atoms with van der Waals surface area (Å²) in [5.41, 5.74) is 0.329. The van der Waals surface area contributed by atoms with E-state index in [2.05, 4.69) is 4.90 Å². The van der Waals surface area contributed by atoms with E-state index in [9.17, 15) is 18.4 Å². The van der Waals surface area contributed by atoms with Crippen molar-refractivity contribution >= 4 is 28.3 Å². The summed E-state index contributed by atoms with van der Waals surface area (Å²) in [6.07, 6.45) is 3.40. The van der Waals surface area contributed by atoms with Crippen LogP contribution in [0.4, 0.5) is 13.9 Å². The minimum Gasteiger partial charge on any atom is -0.496 e. The van der Waals surface area contributed by atoms with Crippen molar-refractivity contribution in [3.8, 4) is 22.8 Å². The zero-order valence-corrected chi connectivity index (χ0v) is 27.4. The fraction of sp³-hybridized carbons (Fsp3) is 0.500. The smallest absolute Gasteiger partial charge is 0.307 e. The van der Waals surface area contributed by atoms with Crippen molar-refractivity contribution in [3.05, 3.63) is 58.5 Å². The highest BCUT2D eigenvalue weighted by atomic mass is 32.1. The Labute approximate surface area is 267 Å². The van der Waals surface area contributed by atoms with Crippen molar-refractivity contribution < 1.29 is 32.6 Å². The quantitative estimate of drug-likeness (QED) is 0.176. The van der Waals surface area contributed by atoms with Gasteiger partial charge in [-0.1, -0.05) is 0 Å². The molecule has 0 radical (unpaired) electrons. The van der Waals surface area contributed by atoms with Gasteiger partial charge in [0.1, 0.15) is 17.1 Å². The SMILES string of the molecule is COc1cc(OCCCN2CCCC2)ccc1-c1csc(N(C)C(=O)C2(CC(=O)OC(C)(C)C)Cc3cc(F)c(F)cc3C2)n1. The maximum Gasteiger partial charge on any atom is 0.307 e. The molecule has 0 saturated carbocycles. The standard InChI is InChI=1S/C34H41F2N3O5S/c1-33(2,3)44-30(40)20-34(18-22-15-26(35)27(36)16-23(22)19-34)31(41)38(4)32-37-28(21-45-32)25-10-9-24(17-29(25)42-5)43-14-8-13-39-11-6-7-12-39/h9-10,15-17,21H,6-8,11-14,18-20H2,1-5H3. The largest absolute Gasteiger partial charge is 0.496 e. The Balaban J connectivity index is 1.32. The lowest BCUT2D eigenvalue weighted by molar-refractivity contribution is -0.159. The fourth-order valence-corrected chi connectivity index (χ4v) is 6.99.